The Labute approximate surface area is 148 Å². The largest absolute Gasteiger partial charge is 0.330 e. The van der Waals surface area contributed by atoms with E-state index in [0.29, 0.717) is 0 Å². The molecule has 0 aliphatic heterocycles. The molecular formula is C20H38N2S. The van der Waals surface area contributed by atoms with Gasteiger partial charge in [0, 0.05) is 9.75 Å². The Balaban J connectivity index is 1.97. The first-order chi connectivity index (χ1) is 11.4. The van der Waals surface area contributed by atoms with Crippen molar-refractivity contribution >= 4 is 11.3 Å². The van der Waals surface area contributed by atoms with E-state index in [1.54, 1.807) is 9.75 Å². The third-order valence-corrected chi connectivity index (χ3v) is 5.68. The van der Waals surface area contributed by atoms with Crippen LogP contribution >= 0.6 is 11.3 Å². The lowest BCUT2D eigenvalue weighted by Crippen LogP contribution is -1.97. The molecule has 0 aromatic carbocycles. The summed E-state index contributed by atoms with van der Waals surface area (Å²) in [5, 5.41) is 0. The summed E-state index contributed by atoms with van der Waals surface area (Å²) in [6.07, 6.45) is 18.5. The van der Waals surface area contributed by atoms with Gasteiger partial charge in [0.05, 0.1) is 0 Å². The molecule has 0 atom stereocenters. The zero-order valence-corrected chi connectivity index (χ0v) is 15.8. The fraction of sp³-hybridized carbons (Fsp3) is 0.800. The Hall–Kier alpha value is -0.380. The third kappa shape index (κ3) is 11.7. The smallest absolute Gasteiger partial charge is 0.00481 e. The molecular weight excluding hydrogens is 300 g/mol. The van der Waals surface area contributed by atoms with E-state index in [4.69, 9.17) is 11.5 Å². The van der Waals surface area contributed by atoms with Gasteiger partial charge in [0.15, 0.2) is 0 Å². The van der Waals surface area contributed by atoms with Crippen molar-refractivity contribution in [2.75, 3.05) is 13.1 Å². The Bertz CT molecular complexity index is 330. The van der Waals surface area contributed by atoms with Gasteiger partial charge < -0.3 is 11.5 Å². The first-order valence-electron chi connectivity index (χ1n) is 9.84. The summed E-state index contributed by atoms with van der Waals surface area (Å²) >= 11 is 2.04. The van der Waals surface area contributed by atoms with Gasteiger partial charge in [-0.2, -0.15) is 0 Å². The van der Waals surface area contributed by atoms with E-state index in [0.717, 1.165) is 13.1 Å². The van der Waals surface area contributed by atoms with Crippen LogP contribution in [0.2, 0.25) is 0 Å². The summed E-state index contributed by atoms with van der Waals surface area (Å²) in [4.78, 5) is 3.18. The van der Waals surface area contributed by atoms with Gasteiger partial charge in [-0.3, -0.25) is 0 Å². The van der Waals surface area contributed by atoms with Crippen molar-refractivity contribution in [3.05, 3.63) is 21.9 Å². The molecule has 0 aliphatic rings. The Morgan fingerprint density at radius 2 is 0.870 bits per heavy atom. The normalized spacial score (nSPS) is 11.2. The van der Waals surface area contributed by atoms with E-state index in [9.17, 15) is 0 Å². The highest BCUT2D eigenvalue weighted by atomic mass is 32.1. The predicted molar refractivity (Wildman–Crippen MR) is 105 cm³/mol. The van der Waals surface area contributed by atoms with Crippen molar-refractivity contribution in [2.24, 2.45) is 11.5 Å². The van der Waals surface area contributed by atoms with Crippen LogP contribution in [-0.4, -0.2) is 13.1 Å². The molecule has 0 saturated carbocycles. The molecule has 0 unspecified atom stereocenters. The molecule has 1 rings (SSSR count). The number of hydrogen-bond acceptors (Lipinski definition) is 3. The average Bonchev–Trinajstić information content (AvgIpc) is 3.01. The van der Waals surface area contributed by atoms with Crippen molar-refractivity contribution in [1.29, 1.82) is 0 Å². The lowest BCUT2D eigenvalue weighted by atomic mass is 10.1. The highest BCUT2D eigenvalue weighted by Crippen LogP contribution is 2.21. The minimum absolute atomic E-state index is 0.853. The van der Waals surface area contributed by atoms with Crippen molar-refractivity contribution in [1.82, 2.24) is 0 Å². The second-order valence-corrected chi connectivity index (χ2v) is 7.94. The van der Waals surface area contributed by atoms with Gasteiger partial charge >= 0.3 is 0 Å². The Morgan fingerprint density at radius 1 is 0.522 bits per heavy atom. The van der Waals surface area contributed by atoms with E-state index in [1.807, 2.05) is 11.3 Å². The molecule has 0 saturated heterocycles. The molecule has 0 aliphatic carbocycles. The number of unbranched alkanes of at least 4 members (excludes halogenated alkanes) is 10. The molecule has 134 valence electrons. The zero-order valence-electron chi connectivity index (χ0n) is 15.0. The first-order valence-corrected chi connectivity index (χ1v) is 10.7. The summed E-state index contributed by atoms with van der Waals surface area (Å²) in [5.74, 6) is 0. The van der Waals surface area contributed by atoms with E-state index in [-0.39, 0.29) is 0 Å². The predicted octanol–water partition coefficient (Wildman–Crippen LogP) is 5.43. The molecule has 0 fully saturated rings. The van der Waals surface area contributed by atoms with Crippen LogP contribution in [0.15, 0.2) is 12.1 Å². The van der Waals surface area contributed by atoms with Gasteiger partial charge in [0.2, 0.25) is 0 Å². The lowest BCUT2D eigenvalue weighted by Gasteiger charge is -2.01. The summed E-state index contributed by atoms with van der Waals surface area (Å²) in [6, 6.07) is 4.71. The zero-order chi connectivity index (χ0) is 16.6. The third-order valence-electron chi connectivity index (χ3n) is 4.47. The van der Waals surface area contributed by atoms with Crippen molar-refractivity contribution in [2.45, 2.75) is 89.9 Å². The van der Waals surface area contributed by atoms with Gasteiger partial charge in [0.1, 0.15) is 0 Å². The second-order valence-electron chi connectivity index (χ2n) is 6.69. The lowest BCUT2D eigenvalue weighted by molar-refractivity contribution is 0.598. The van der Waals surface area contributed by atoms with Crippen LogP contribution in [0.3, 0.4) is 0 Å². The first kappa shape index (κ1) is 20.7. The fourth-order valence-corrected chi connectivity index (χ4v) is 4.09. The summed E-state index contributed by atoms with van der Waals surface area (Å²) in [5.41, 5.74) is 11.0. The Kier molecular flexibility index (Phi) is 13.6. The monoisotopic (exact) mass is 338 g/mol. The minimum atomic E-state index is 0.853. The molecule has 1 heterocycles. The van der Waals surface area contributed by atoms with Gasteiger partial charge in [0.25, 0.3) is 0 Å². The minimum Gasteiger partial charge on any atom is -0.330 e. The molecule has 0 bridgehead atoms. The van der Waals surface area contributed by atoms with E-state index in [2.05, 4.69) is 12.1 Å². The molecule has 0 amide bonds. The van der Waals surface area contributed by atoms with Crippen molar-refractivity contribution in [3.8, 4) is 0 Å². The van der Waals surface area contributed by atoms with Crippen LogP contribution in [0.4, 0.5) is 0 Å². The number of nitrogens with two attached hydrogens (primary N) is 2. The van der Waals surface area contributed by atoms with Crippen LogP contribution in [-0.2, 0) is 12.8 Å². The Morgan fingerprint density at radius 3 is 1.26 bits per heavy atom. The maximum absolute atomic E-state index is 5.52. The van der Waals surface area contributed by atoms with E-state index >= 15 is 0 Å². The maximum Gasteiger partial charge on any atom is 0.00481 e. The number of rotatable bonds is 16. The molecule has 3 heteroatoms. The van der Waals surface area contributed by atoms with Crippen molar-refractivity contribution < 1.29 is 0 Å². The highest BCUT2D eigenvalue weighted by molar-refractivity contribution is 7.11. The molecule has 1 aromatic rings. The molecule has 0 spiro atoms. The van der Waals surface area contributed by atoms with Gasteiger partial charge in [-0.1, -0.05) is 51.4 Å². The van der Waals surface area contributed by atoms with Gasteiger partial charge in [-0.25, -0.2) is 0 Å². The number of hydrogen-bond donors (Lipinski definition) is 2. The highest BCUT2D eigenvalue weighted by Gasteiger charge is 2.01. The van der Waals surface area contributed by atoms with Crippen LogP contribution in [0.1, 0.15) is 86.8 Å². The number of thiophene rings is 1. The van der Waals surface area contributed by atoms with Crippen LogP contribution in [0.25, 0.3) is 0 Å². The summed E-state index contributed by atoms with van der Waals surface area (Å²) in [7, 11) is 0. The van der Waals surface area contributed by atoms with Crippen LogP contribution in [0, 0.1) is 0 Å². The standard InChI is InChI=1S/C20H38N2S/c21-17-11-7-3-1-5-9-13-19-15-16-20(23-19)14-10-6-2-4-8-12-18-22/h15-16H,1-14,17-18,21-22H2. The summed E-state index contributed by atoms with van der Waals surface area (Å²) in [6.45, 7) is 1.71. The second kappa shape index (κ2) is 15.2. The van der Waals surface area contributed by atoms with Gasteiger partial charge in [-0.15, -0.1) is 11.3 Å². The molecule has 1 aromatic heterocycles. The number of aryl methyl sites for hydroxylation is 2. The fourth-order valence-electron chi connectivity index (χ4n) is 2.99. The summed E-state index contributed by atoms with van der Waals surface area (Å²) < 4.78 is 0. The van der Waals surface area contributed by atoms with Gasteiger partial charge in [-0.05, 0) is 63.7 Å². The quantitative estimate of drug-likeness (QED) is 0.395. The maximum atomic E-state index is 5.52. The van der Waals surface area contributed by atoms with Crippen LogP contribution in [0.5, 0.6) is 0 Å². The molecule has 23 heavy (non-hydrogen) atoms. The van der Waals surface area contributed by atoms with Crippen LogP contribution < -0.4 is 11.5 Å². The topological polar surface area (TPSA) is 52.0 Å². The van der Waals surface area contributed by atoms with E-state index < -0.39 is 0 Å². The molecule has 4 N–H and O–H groups in total. The SMILES string of the molecule is NCCCCCCCCc1ccc(CCCCCCCCN)s1. The molecule has 2 nitrogen and oxygen atoms in total. The van der Waals surface area contributed by atoms with E-state index in [1.165, 1.54) is 89.9 Å². The van der Waals surface area contributed by atoms with Crippen molar-refractivity contribution in [3.63, 3.8) is 0 Å². The molecule has 0 radical (unpaired) electrons. The average molecular weight is 339 g/mol.